The molecule has 1 amide bonds. The summed E-state index contributed by atoms with van der Waals surface area (Å²) >= 11 is 0. The Labute approximate surface area is 114 Å². The first-order valence-corrected chi connectivity index (χ1v) is 7.06. The minimum Gasteiger partial charge on any atom is -0.349 e. The zero-order valence-electron chi connectivity index (χ0n) is 11.7. The Balaban J connectivity index is 2.00. The molecule has 1 saturated carbocycles. The fraction of sp³-hybridized carbons (Fsp3) is 0.600. The van der Waals surface area contributed by atoms with Gasteiger partial charge in [-0.05, 0) is 43.2 Å². The third-order valence-electron chi connectivity index (χ3n) is 4.04. The molecule has 1 aliphatic rings. The molecule has 19 heavy (non-hydrogen) atoms. The van der Waals surface area contributed by atoms with Crippen molar-refractivity contribution in [2.24, 2.45) is 17.6 Å². The number of nitrogens with two attached hydrogens (primary N) is 1. The molecular formula is C15H23N3O. The molecule has 3 unspecified atom stereocenters. The molecule has 1 heterocycles. The van der Waals surface area contributed by atoms with E-state index in [1.165, 1.54) is 12.8 Å². The quantitative estimate of drug-likeness (QED) is 0.875. The van der Waals surface area contributed by atoms with Gasteiger partial charge in [0.2, 0.25) is 0 Å². The number of nitrogens with one attached hydrogen (secondary N) is 1. The Bertz CT molecular complexity index is 447. The number of carbonyl (C=O) groups is 1. The molecular weight excluding hydrogens is 238 g/mol. The van der Waals surface area contributed by atoms with Crippen LogP contribution in [0, 0.1) is 11.8 Å². The SMILES string of the molecule is CC1CCC(NC(=O)c2ccnc(CN)c2)C(C)C1. The van der Waals surface area contributed by atoms with Gasteiger partial charge in [-0.2, -0.15) is 0 Å². The summed E-state index contributed by atoms with van der Waals surface area (Å²) in [6.45, 7) is 4.86. The summed E-state index contributed by atoms with van der Waals surface area (Å²) < 4.78 is 0. The van der Waals surface area contributed by atoms with E-state index in [1.807, 2.05) is 0 Å². The smallest absolute Gasteiger partial charge is 0.251 e. The standard InChI is InChI=1S/C15H23N3O/c1-10-3-4-14(11(2)7-10)18-15(19)12-5-6-17-13(8-12)9-16/h5-6,8,10-11,14H,3-4,7,9,16H2,1-2H3,(H,18,19). The van der Waals surface area contributed by atoms with Gasteiger partial charge in [-0.15, -0.1) is 0 Å². The summed E-state index contributed by atoms with van der Waals surface area (Å²) in [6.07, 6.45) is 5.10. The number of amides is 1. The molecule has 0 radical (unpaired) electrons. The van der Waals surface area contributed by atoms with Crippen LogP contribution in [0.25, 0.3) is 0 Å². The van der Waals surface area contributed by atoms with Gasteiger partial charge < -0.3 is 11.1 Å². The lowest BCUT2D eigenvalue weighted by Crippen LogP contribution is -2.42. The molecule has 0 spiro atoms. The first kappa shape index (κ1) is 14.0. The van der Waals surface area contributed by atoms with Gasteiger partial charge in [0.15, 0.2) is 0 Å². The molecule has 4 heteroatoms. The Kier molecular flexibility index (Phi) is 4.53. The highest BCUT2D eigenvalue weighted by molar-refractivity contribution is 5.94. The second kappa shape index (κ2) is 6.15. The number of aromatic nitrogens is 1. The van der Waals surface area contributed by atoms with Crippen LogP contribution in [0.1, 0.15) is 49.2 Å². The van der Waals surface area contributed by atoms with Crippen LogP contribution in [0.5, 0.6) is 0 Å². The summed E-state index contributed by atoms with van der Waals surface area (Å²) in [7, 11) is 0. The lowest BCUT2D eigenvalue weighted by molar-refractivity contribution is 0.0899. The molecule has 4 nitrogen and oxygen atoms in total. The van der Waals surface area contributed by atoms with Crippen LogP contribution in [-0.4, -0.2) is 16.9 Å². The van der Waals surface area contributed by atoms with Crippen LogP contribution in [0.2, 0.25) is 0 Å². The van der Waals surface area contributed by atoms with Gasteiger partial charge in [0.1, 0.15) is 0 Å². The predicted octanol–water partition coefficient (Wildman–Crippen LogP) is 2.09. The highest BCUT2D eigenvalue weighted by Gasteiger charge is 2.26. The molecule has 1 aliphatic carbocycles. The fourth-order valence-electron chi connectivity index (χ4n) is 2.86. The van der Waals surface area contributed by atoms with E-state index in [9.17, 15) is 4.79 Å². The maximum absolute atomic E-state index is 12.2. The molecule has 0 bridgehead atoms. The Hall–Kier alpha value is -1.42. The number of pyridine rings is 1. The summed E-state index contributed by atoms with van der Waals surface area (Å²) in [5, 5.41) is 3.15. The number of nitrogens with zero attached hydrogens (tertiary/aromatic N) is 1. The van der Waals surface area contributed by atoms with E-state index in [2.05, 4.69) is 24.1 Å². The zero-order chi connectivity index (χ0) is 13.8. The lowest BCUT2D eigenvalue weighted by Gasteiger charge is -2.33. The molecule has 0 aromatic carbocycles. The Morgan fingerprint density at radius 1 is 1.47 bits per heavy atom. The second-order valence-corrected chi connectivity index (χ2v) is 5.72. The Morgan fingerprint density at radius 3 is 2.95 bits per heavy atom. The van der Waals surface area contributed by atoms with Crippen LogP contribution in [0.4, 0.5) is 0 Å². The normalized spacial score (nSPS) is 27.0. The van der Waals surface area contributed by atoms with Crippen LogP contribution < -0.4 is 11.1 Å². The van der Waals surface area contributed by atoms with E-state index in [-0.39, 0.29) is 11.9 Å². The molecule has 0 aliphatic heterocycles. The van der Waals surface area contributed by atoms with Gasteiger partial charge in [-0.1, -0.05) is 13.8 Å². The van der Waals surface area contributed by atoms with Crippen LogP contribution >= 0.6 is 0 Å². The van der Waals surface area contributed by atoms with Crippen molar-refractivity contribution in [2.75, 3.05) is 0 Å². The number of carbonyl (C=O) groups excluding carboxylic acids is 1. The molecule has 0 saturated heterocycles. The average Bonchev–Trinajstić information content (AvgIpc) is 2.42. The van der Waals surface area contributed by atoms with Crippen molar-refractivity contribution >= 4 is 5.91 Å². The third kappa shape index (κ3) is 3.53. The topological polar surface area (TPSA) is 68.0 Å². The van der Waals surface area contributed by atoms with Gasteiger partial charge in [0, 0.05) is 24.3 Å². The Morgan fingerprint density at radius 2 is 2.26 bits per heavy atom. The van der Waals surface area contributed by atoms with Gasteiger partial charge in [-0.25, -0.2) is 0 Å². The van der Waals surface area contributed by atoms with E-state index >= 15 is 0 Å². The molecule has 1 fully saturated rings. The second-order valence-electron chi connectivity index (χ2n) is 5.72. The van der Waals surface area contributed by atoms with E-state index < -0.39 is 0 Å². The summed E-state index contributed by atoms with van der Waals surface area (Å²) in [6, 6.07) is 3.80. The highest BCUT2D eigenvalue weighted by Crippen LogP contribution is 2.28. The van der Waals surface area contributed by atoms with Crippen LogP contribution in [0.3, 0.4) is 0 Å². The van der Waals surface area contributed by atoms with Crippen LogP contribution in [-0.2, 0) is 6.54 Å². The first-order valence-electron chi connectivity index (χ1n) is 7.06. The van der Waals surface area contributed by atoms with Gasteiger partial charge in [0.05, 0.1) is 5.69 Å². The summed E-state index contributed by atoms with van der Waals surface area (Å²) in [5.74, 6) is 1.31. The van der Waals surface area contributed by atoms with Crippen molar-refractivity contribution in [3.63, 3.8) is 0 Å². The van der Waals surface area contributed by atoms with Crippen molar-refractivity contribution in [1.29, 1.82) is 0 Å². The van der Waals surface area contributed by atoms with Gasteiger partial charge >= 0.3 is 0 Å². The maximum atomic E-state index is 12.2. The van der Waals surface area contributed by atoms with E-state index in [0.717, 1.165) is 18.0 Å². The van der Waals surface area contributed by atoms with Crippen molar-refractivity contribution in [3.05, 3.63) is 29.6 Å². The van der Waals surface area contributed by atoms with E-state index in [1.54, 1.807) is 18.3 Å². The van der Waals surface area contributed by atoms with Crippen molar-refractivity contribution in [3.8, 4) is 0 Å². The minimum absolute atomic E-state index is 0.0106. The van der Waals surface area contributed by atoms with Gasteiger partial charge in [-0.3, -0.25) is 9.78 Å². The molecule has 3 atom stereocenters. The highest BCUT2D eigenvalue weighted by atomic mass is 16.1. The molecule has 3 N–H and O–H groups in total. The van der Waals surface area contributed by atoms with Crippen LogP contribution in [0.15, 0.2) is 18.3 Å². The largest absolute Gasteiger partial charge is 0.349 e. The molecule has 1 aromatic heterocycles. The first-order chi connectivity index (χ1) is 9.10. The molecule has 104 valence electrons. The summed E-state index contributed by atoms with van der Waals surface area (Å²) in [5.41, 5.74) is 6.95. The fourth-order valence-corrected chi connectivity index (χ4v) is 2.86. The monoisotopic (exact) mass is 261 g/mol. The summed E-state index contributed by atoms with van der Waals surface area (Å²) in [4.78, 5) is 16.3. The third-order valence-corrected chi connectivity index (χ3v) is 4.04. The maximum Gasteiger partial charge on any atom is 0.251 e. The van der Waals surface area contributed by atoms with Crippen molar-refractivity contribution in [1.82, 2.24) is 10.3 Å². The van der Waals surface area contributed by atoms with E-state index in [0.29, 0.717) is 18.0 Å². The minimum atomic E-state index is -0.0106. The number of rotatable bonds is 3. The zero-order valence-corrected chi connectivity index (χ0v) is 11.7. The number of hydrogen-bond acceptors (Lipinski definition) is 3. The average molecular weight is 261 g/mol. The predicted molar refractivity (Wildman–Crippen MR) is 75.6 cm³/mol. The van der Waals surface area contributed by atoms with E-state index in [4.69, 9.17) is 5.73 Å². The van der Waals surface area contributed by atoms with Crippen molar-refractivity contribution in [2.45, 2.75) is 45.7 Å². The van der Waals surface area contributed by atoms with Gasteiger partial charge in [0.25, 0.3) is 5.91 Å². The molecule has 1 aromatic rings. The number of hydrogen-bond donors (Lipinski definition) is 2. The molecule has 2 rings (SSSR count). The van der Waals surface area contributed by atoms with Crippen molar-refractivity contribution < 1.29 is 4.79 Å². The lowest BCUT2D eigenvalue weighted by atomic mass is 9.80.